The van der Waals surface area contributed by atoms with Gasteiger partial charge in [0.1, 0.15) is 4.90 Å². The predicted octanol–water partition coefficient (Wildman–Crippen LogP) is 3.74. The number of pyridine rings is 1. The zero-order chi connectivity index (χ0) is 19.7. The number of nitrogens with one attached hydrogen (secondary N) is 1. The fourth-order valence-electron chi connectivity index (χ4n) is 3.18. The molecule has 3 aromatic rings. The van der Waals surface area contributed by atoms with Crippen LogP contribution in [0.3, 0.4) is 0 Å². The highest BCUT2D eigenvalue weighted by Crippen LogP contribution is 2.33. The van der Waals surface area contributed by atoms with E-state index in [1.165, 1.54) is 12.1 Å². The molecule has 0 aliphatic carbocycles. The number of hydrogen-bond donors (Lipinski definition) is 1. The minimum Gasteiger partial charge on any atom is -0.308 e. The van der Waals surface area contributed by atoms with Gasteiger partial charge in [-0.3, -0.25) is 14.5 Å². The van der Waals surface area contributed by atoms with Crippen molar-refractivity contribution in [3.05, 3.63) is 83.1 Å². The van der Waals surface area contributed by atoms with Crippen LogP contribution in [0, 0.1) is 0 Å². The number of anilines is 2. The lowest BCUT2D eigenvalue weighted by Gasteiger charge is -2.18. The Kier molecular flexibility index (Phi) is 4.78. The maximum atomic E-state index is 12.8. The van der Waals surface area contributed by atoms with Crippen LogP contribution in [0.1, 0.15) is 15.9 Å². The van der Waals surface area contributed by atoms with Crippen LogP contribution in [-0.2, 0) is 16.4 Å². The molecule has 4 rings (SSSR count). The van der Waals surface area contributed by atoms with Crippen molar-refractivity contribution in [3.63, 3.8) is 0 Å². The van der Waals surface area contributed by atoms with Gasteiger partial charge in [0.2, 0.25) is 0 Å². The Hall–Kier alpha value is -2.90. The van der Waals surface area contributed by atoms with Gasteiger partial charge in [0.05, 0.1) is 10.7 Å². The third kappa shape index (κ3) is 3.46. The monoisotopic (exact) mass is 413 g/mol. The third-order valence-electron chi connectivity index (χ3n) is 4.53. The zero-order valence-corrected chi connectivity index (χ0v) is 16.2. The highest BCUT2D eigenvalue weighted by molar-refractivity contribution is 7.92. The van der Waals surface area contributed by atoms with E-state index in [4.69, 9.17) is 11.6 Å². The van der Waals surface area contributed by atoms with Gasteiger partial charge in [-0.1, -0.05) is 29.8 Å². The van der Waals surface area contributed by atoms with Crippen molar-refractivity contribution in [1.82, 2.24) is 4.98 Å². The molecule has 1 aliphatic heterocycles. The molecule has 6 nitrogen and oxygen atoms in total. The van der Waals surface area contributed by atoms with Crippen LogP contribution in [0.4, 0.5) is 11.4 Å². The second-order valence-electron chi connectivity index (χ2n) is 6.32. The molecule has 28 heavy (non-hydrogen) atoms. The number of carbonyl (C=O) groups excluding carboxylic acids is 1. The molecular formula is C20H16ClN3O3S. The predicted molar refractivity (Wildman–Crippen MR) is 108 cm³/mol. The van der Waals surface area contributed by atoms with Gasteiger partial charge < -0.3 is 4.90 Å². The molecule has 0 spiro atoms. The molecule has 1 amide bonds. The van der Waals surface area contributed by atoms with Crippen LogP contribution < -0.4 is 9.62 Å². The van der Waals surface area contributed by atoms with Gasteiger partial charge in [0.25, 0.3) is 15.9 Å². The number of aromatic nitrogens is 1. The lowest BCUT2D eigenvalue weighted by molar-refractivity contribution is 0.0989. The maximum Gasteiger partial charge on any atom is 0.263 e. The minimum atomic E-state index is -3.84. The number of benzene rings is 2. The molecule has 0 unspecified atom stereocenters. The lowest BCUT2D eigenvalue weighted by atomic mass is 10.1. The topological polar surface area (TPSA) is 79.4 Å². The molecule has 0 saturated carbocycles. The first-order valence-electron chi connectivity index (χ1n) is 8.58. The van der Waals surface area contributed by atoms with Crippen LogP contribution in [0.5, 0.6) is 0 Å². The van der Waals surface area contributed by atoms with Crippen LogP contribution in [0.15, 0.2) is 71.9 Å². The first kappa shape index (κ1) is 18.5. The Morgan fingerprint density at radius 1 is 1.07 bits per heavy atom. The normalized spacial score (nSPS) is 13.2. The molecule has 0 bridgehead atoms. The van der Waals surface area contributed by atoms with Gasteiger partial charge in [-0.05, 0) is 48.4 Å². The van der Waals surface area contributed by atoms with E-state index >= 15 is 0 Å². The molecule has 2 heterocycles. The number of hydrogen-bond acceptors (Lipinski definition) is 4. The molecular weight excluding hydrogens is 398 g/mol. The Morgan fingerprint density at radius 3 is 2.57 bits per heavy atom. The summed E-state index contributed by atoms with van der Waals surface area (Å²) in [6.07, 6.45) is 3.85. The van der Waals surface area contributed by atoms with Crippen LogP contribution in [0.25, 0.3) is 0 Å². The Bertz CT molecular complexity index is 1150. The van der Waals surface area contributed by atoms with Gasteiger partial charge in [-0.2, -0.15) is 0 Å². The summed E-state index contributed by atoms with van der Waals surface area (Å²) < 4.78 is 27.9. The number of carbonyl (C=O) groups is 1. The molecule has 142 valence electrons. The number of fused-ring (bicyclic) bond motifs is 1. The third-order valence-corrected chi connectivity index (χ3v) is 6.41. The second-order valence-corrected chi connectivity index (χ2v) is 8.38. The summed E-state index contributed by atoms with van der Waals surface area (Å²) in [6.45, 7) is 0.539. The molecule has 2 aromatic carbocycles. The van der Waals surface area contributed by atoms with Crippen LogP contribution >= 0.6 is 11.6 Å². The van der Waals surface area contributed by atoms with Crippen molar-refractivity contribution in [3.8, 4) is 0 Å². The van der Waals surface area contributed by atoms with Crippen molar-refractivity contribution >= 4 is 38.9 Å². The van der Waals surface area contributed by atoms with Gasteiger partial charge in [0, 0.05) is 30.2 Å². The van der Waals surface area contributed by atoms with Crippen molar-refractivity contribution in [1.29, 1.82) is 0 Å². The van der Waals surface area contributed by atoms with Gasteiger partial charge in [-0.25, -0.2) is 8.42 Å². The number of nitrogens with zero attached hydrogens (tertiary/aromatic N) is 2. The van der Waals surface area contributed by atoms with E-state index in [-0.39, 0.29) is 15.8 Å². The van der Waals surface area contributed by atoms with Crippen molar-refractivity contribution < 1.29 is 13.2 Å². The zero-order valence-electron chi connectivity index (χ0n) is 14.7. The fourth-order valence-corrected chi connectivity index (χ4v) is 4.75. The molecule has 0 fully saturated rings. The molecule has 0 atom stereocenters. The summed E-state index contributed by atoms with van der Waals surface area (Å²) >= 11 is 6.02. The summed E-state index contributed by atoms with van der Waals surface area (Å²) in [6, 6.07) is 14.8. The number of amides is 1. The largest absolute Gasteiger partial charge is 0.308 e. The SMILES string of the molecule is O=C(c1ccncc1)N1CCc2ccc(NS(=O)(=O)c3ccccc3Cl)cc21. The number of rotatable bonds is 4. The van der Waals surface area contributed by atoms with E-state index < -0.39 is 10.0 Å². The smallest absolute Gasteiger partial charge is 0.263 e. The molecule has 1 aromatic heterocycles. The average Bonchev–Trinajstić information content (AvgIpc) is 3.11. The first-order valence-corrected chi connectivity index (χ1v) is 10.4. The van der Waals surface area contributed by atoms with Crippen LogP contribution in [0.2, 0.25) is 5.02 Å². The molecule has 1 N–H and O–H groups in total. The second kappa shape index (κ2) is 7.26. The average molecular weight is 414 g/mol. The minimum absolute atomic E-state index is 0.00174. The van der Waals surface area contributed by atoms with E-state index in [0.717, 1.165) is 5.56 Å². The summed E-state index contributed by atoms with van der Waals surface area (Å²) in [5.41, 5.74) is 2.59. The standard InChI is InChI=1S/C20H16ClN3O3S/c21-17-3-1-2-4-19(17)28(26,27)23-16-6-5-14-9-12-24(18(14)13-16)20(25)15-7-10-22-11-8-15/h1-8,10-11,13,23H,9,12H2. The number of sulfonamides is 1. The molecule has 0 radical (unpaired) electrons. The van der Waals surface area contributed by atoms with Crippen molar-refractivity contribution in [2.24, 2.45) is 0 Å². The summed E-state index contributed by atoms with van der Waals surface area (Å²) in [7, 11) is -3.84. The summed E-state index contributed by atoms with van der Waals surface area (Å²) in [5, 5.41) is 0.144. The number of halogens is 1. The van der Waals surface area contributed by atoms with E-state index in [0.29, 0.717) is 29.9 Å². The maximum absolute atomic E-state index is 12.8. The quantitative estimate of drug-likeness (QED) is 0.706. The first-order chi connectivity index (χ1) is 13.5. The lowest BCUT2D eigenvalue weighted by Crippen LogP contribution is -2.28. The van der Waals surface area contributed by atoms with E-state index in [2.05, 4.69) is 9.71 Å². The molecule has 8 heteroatoms. The molecule has 1 aliphatic rings. The highest BCUT2D eigenvalue weighted by atomic mass is 35.5. The summed E-state index contributed by atoms with van der Waals surface area (Å²) in [5.74, 6) is -0.146. The Morgan fingerprint density at radius 2 is 1.82 bits per heavy atom. The van der Waals surface area contributed by atoms with Crippen LogP contribution in [-0.4, -0.2) is 25.9 Å². The Labute approximate surface area is 167 Å². The van der Waals surface area contributed by atoms with E-state index in [1.807, 2.05) is 6.07 Å². The van der Waals surface area contributed by atoms with E-state index in [9.17, 15) is 13.2 Å². The van der Waals surface area contributed by atoms with Crippen molar-refractivity contribution in [2.45, 2.75) is 11.3 Å². The highest BCUT2D eigenvalue weighted by Gasteiger charge is 2.26. The Balaban J connectivity index is 1.64. The van der Waals surface area contributed by atoms with Gasteiger partial charge >= 0.3 is 0 Å². The van der Waals surface area contributed by atoms with Gasteiger partial charge in [-0.15, -0.1) is 0 Å². The van der Waals surface area contributed by atoms with Gasteiger partial charge in [0.15, 0.2) is 0 Å². The molecule has 0 saturated heterocycles. The van der Waals surface area contributed by atoms with E-state index in [1.54, 1.807) is 53.7 Å². The fraction of sp³-hybridized carbons (Fsp3) is 0.100. The van der Waals surface area contributed by atoms with Crippen molar-refractivity contribution in [2.75, 3.05) is 16.2 Å². The summed E-state index contributed by atoms with van der Waals surface area (Å²) in [4.78, 5) is 18.4.